The molecule has 19 heavy (non-hydrogen) atoms. The van der Waals surface area contributed by atoms with Crippen molar-refractivity contribution < 1.29 is 4.39 Å². The standard InChI is InChI=1S/C14H19FN4/c1-9(2)3-10(5-16)14-18-8-13(19-14)11-4-12(15)7-17-6-11/h4,6-10H,3,5,16H2,1-2H3,(H,18,19). The molecule has 0 saturated carbocycles. The lowest BCUT2D eigenvalue weighted by Gasteiger charge is -2.14. The molecule has 1 unspecified atom stereocenters. The summed E-state index contributed by atoms with van der Waals surface area (Å²) in [7, 11) is 0. The van der Waals surface area contributed by atoms with Gasteiger partial charge in [-0.1, -0.05) is 13.8 Å². The van der Waals surface area contributed by atoms with Crippen LogP contribution >= 0.6 is 0 Å². The highest BCUT2D eigenvalue weighted by Gasteiger charge is 2.15. The van der Waals surface area contributed by atoms with Gasteiger partial charge in [0.1, 0.15) is 11.6 Å². The van der Waals surface area contributed by atoms with Crippen LogP contribution in [0.1, 0.15) is 32.0 Å². The largest absolute Gasteiger partial charge is 0.342 e. The molecule has 0 bridgehead atoms. The molecule has 2 rings (SSSR count). The number of halogens is 1. The van der Waals surface area contributed by atoms with Crippen LogP contribution in [0.5, 0.6) is 0 Å². The molecule has 0 spiro atoms. The van der Waals surface area contributed by atoms with Crippen LogP contribution in [0.2, 0.25) is 0 Å². The van der Waals surface area contributed by atoms with Gasteiger partial charge in [0.15, 0.2) is 0 Å². The lowest BCUT2D eigenvalue weighted by Crippen LogP contribution is -2.15. The smallest absolute Gasteiger partial charge is 0.142 e. The number of rotatable bonds is 5. The average molecular weight is 262 g/mol. The van der Waals surface area contributed by atoms with Crippen molar-refractivity contribution in [2.75, 3.05) is 6.54 Å². The number of hydrogen-bond acceptors (Lipinski definition) is 3. The Morgan fingerprint density at radius 3 is 2.74 bits per heavy atom. The summed E-state index contributed by atoms with van der Waals surface area (Å²) < 4.78 is 13.1. The fourth-order valence-electron chi connectivity index (χ4n) is 2.14. The molecule has 102 valence electrons. The van der Waals surface area contributed by atoms with E-state index in [1.165, 1.54) is 12.3 Å². The van der Waals surface area contributed by atoms with Crippen LogP contribution in [0.15, 0.2) is 24.7 Å². The molecule has 0 aromatic carbocycles. The van der Waals surface area contributed by atoms with Crippen molar-refractivity contribution in [2.24, 2.45) is 11.7 Å². The molecule has 0 radical (unpaired) electrons. The quantitative estimate of drug-likeness (QED) is 0.870. The minimum absolute atomic E-state index is 0.204. The summed E-state index contributed by atoms with van der Waals surface area (Å²) in [6.07, 6.45) is 5.47. The highest BCUT2D eigenvalue weighted by molar-refractivity contribution is 5.57. The number of aromatic nitrogens is 3. The maximum atomic E-state index is 13.1. The third-order valence-corrected chi connectivity index (χ3v) is 3.04. The zero-order valence-corrected chi connectivity index (χ0v) is 11.2. The van der Waals surface area contributed by atoms with E-state index in [1.54, 1.807) is 12.4 Å². The molecule has 0 aliphatic heterocycles. The molecule has 0 aliphatic carbocycles. The minimum Gasteiger partial charge on any atom is -0.342 e. The van der Waals surface area contributed by atoms with Crippen molar-refractivity contribution in [1.82, 2.24) is 15.0 Å². The average Bonchev–Trinajstić information content (AvgIpc) is 2.85. The van der Waals surface area contributed by atoms with Crippen LogP contribution in [0.25, 0.3) is 11.3 Å². The van der Waals surface area contributed by atoms with Crippen molar-refractivity contribution in [2.45, 2.75) is 26.2 Å². The molecule has 2 aromatic rings. The zero-order chi connectivity index (χ0) is 13.8. The molecule has 3 N–H and O–H groups in total. The second-order valence-corrected chi connectivity index (χ2v) is 5.14. The van der Waals surface area contributed by atoms with Gasteiger partial charge in [0, 0.05) is 24.2 Å². The van der Waals surface area contributed by atoms with Gasteiger partial charge in [0.05, 0.1) is 18.1 Å². The van der Waals surface area contributed by atoms with Gasteiger partial charge in [-0.25, -0.2) is 9.37 Å². The molecule has 0 amide bonds. The number of imidazole rings is 1. The molecule has 5 heteroatoms. The Hall–Kier alpha value is -1.75. The molecule has 0 fully saturated rings. The monoisotopic (exact) mass is 262 g/mol. The SMILES string of the molecule is CC(C)CC(CN)c1ncc(-c2cncc(F)c2)[nH]1. The van der Waals surface area contributed by atoms with Crippen molar-refractivity contribution in [3.63, 3.8) is 0 Å². The number of nitrogens with one attached hydrogen (secondary N) is 1. The predicted molar refractivity (Wildman–Crippen MR) is 73.0 cm³/mol. The van der Waals surface area contributed by atoms with E-state index in [0.717, 1.165) is 17.9 Å². The van der Waals surface area contributed by atoms with E-state index >= 15 is 0 Å². The second kappa shape index (κ2) is 5.93. The van der Waals surface area contributed by atoms with E-state index in [4.69, 9.17) is 5.73 Å². The maximum absolute atomic E-state index is 13.1. The van der Waals surface area contributed by atoms with Gasteiger partial charge in [-0.15, -0.1) is 0 Å². The Morgan fingerprint density at radius 1 is 1.32 bits per heavy atom. The number of nitrogens with zero attached hydrogens (tertiary/aromatic N) is 2. The lowest BCUT2D eigenvalue weighted by molar-refractivity contribution is 0.490. The topological polar surface area (TPSA) is 67.6 Å². The van der Waals surface area contributed by atoms with Crippen molar-refractivity contribution >= 4 is 0 Å². The van der Waals surface area contributed by atoms with Crippen molar-refractivity contribution in [3.05, 3.63) is 36.3 Å². The lowest BCUT2D eigenvalue weighted by atomic mass is 9.97. The van der Waals surface area contributed by atoms with E-state index in [1.807, 2.05) is 0 Å². The summed E-state index contributed by atoms with van der Waals surface area (Å²) in [6, 6.07) is 1.43. The predicted octanol–water partition coefficient (Wildman–Crippen LogP) is 2.70. The Morgan fingerprint density at radius 2 is 2.11 bits per heavy atom. The molecule has 1 atom stereocenters. The molecule has 2 aromatic heterocycles. The first kappa shape index (κ1) is 13.7. The van der Waals surface area contributed by atoms with Gasteiger partial charge < -0.3 is 10.7 Å². The van der Waals surface area contributed by atoms with Crippen LogP contribution in [0, 0.1) is 11.7 Å². The van der Waals surface area contributed by atoms with E-state index in [-0.39, 0.29) is 11.7 Å². The van der Waals surface area contributed by atoms with Gasteiger partial charge in [0.25, 0.3) is 0 Å². The molecule has 0 saturated heterocycles. The molecule has 4 nitrogen and oxygen atoms in total. The maximum Gasteiger partial charge on any atom is 0.142 e. The van der Waals surface area contributed by atoms with Crippen molar-refractivity contribution in [3.8, 4) is 11.3 Å². The zero-order valence-electron chi connectivity index (χ0n) is 11.2. The van der Waals surface area contributed by atoms with Crippen LogP contribution in [0.4, 0.5) is 4.39 Å². The van der Waals surface area contributed by atoms with Gasteiger partial charge in [0.2, 0.25) is 0 Å². The Labute approximate surface area is 112 Å². The summed E-state index contributed by atoms with van der Waals surface area (Å²) >= 11 is 0. The fraction of sp³-hybridized carbons (Fsp3) is 0.429. The van der Waals surface area contributed by atoms with E-state index in [0.29, 0.717) is 18.0 Å². The number of hydrogen-bond donors (Lipinski definition) is 2. The van der Waals surface area contributed by atoms with Crippen LogP contribution in [-0.2, 0) is 0 Å². The number of aromatic amines is 1. The van der Waals surface area contributed by atoms with Gasteiger partial charge in [-0.2, -0.15) is 0 Å². The number of nitrogens with two attached hydrogens (primary N) is 1. The van der Waals surface area contributed by atoms with Gasteiger partial charge >= 0.3 is 0 Å². The Bertz CT molecular complexity index is 536. The third-order valence-electron chi connectivity index (χ3n) is 3.04. The first-order valence-electron chi connectivity index (χ1n) is 6.46. The summed E-state index contributed by atoms with van der Waals surface area (Å²) in [5.41, 5.74) is 7.25. The number of H-pyrrole nitrogens is 1. The second-order valence-electron chi connectivity index (χ2n) is 5.14. The van der Waals surface area contributed by atoms with E-state index < -0.39 is 0 Å². The molecular weight excluding hydrogens is 243 g/mol. The third kappa shape index (κ3) is 3.38. The van der Waals surface area contributed by atoms with Gasteiger partial charge in [-0.3, -0.25) is 4.98 Å². The van der Waals surface area contributed by atoms with Gasteiger partial charge in [-0.05, 0) is 18.4 Å². The Kier molecular flexibility index (Phi) is 4.27. The van der Waals surface area contributed by atoms with Crippen LogP contribution < -0.4 is 5.73 Å². The summed E-state index contributed by atoms with van der Waals surface area (Å²) in [5, 5.41) is 0. The highest BCUT2D eigenvalue weighted by Crippen LogP contribution is 2.23. The Balaban J connectivity index is 2.23. The van der Waals surface area contributed by atoms with E-state index in [2.05, 4.69) is 28.8 Å². The van der Waals surface area contributed by atoms with Crippen molar-refractivity contribution in [1.29, 1.82) is 0 Å². The van der Waals surface area contributed by atoms with Crippen LogP contribution in [0.3, 0.4) is 0 Å². The first-order chi connectivity index (χ1) is 9.10. The molecule has 0 aliphatic rings. The fourth-order valence-corrected chi connectivity index (χ4v) is 2.14. The molecular formula is C14H19FN4. The highest BCUT2D eigenvalue weighted by atomic mass is 19.1. The molecule has 2 heterocycles. The first-order valence-corrected chi connectivity index (χ1v) is 6.46. The number of pyridine rings is 1. The minimum atomic E-state index is -0.355. The summed E-state index contributed by atoms with van der Waals surface area (Å²) in [4.78, 5) is 11.4. The van der Waals surface area contributed by atoms with Crippen LogP contribution in [-0.4, -0.2) is 21.5 Å². The van der Waals surface area contributed by atoms with E-state index in [9.17, 15) is 4.39 Å². The summed E-state index contributed by atoms with van der Waals surface area (Å²) in [6.45, 7) is 4.86. The summed E-state index contributed by atoms with van der Waals surface area (Å²) in [5.74, 6) is 1.26. The normalized spacial score (nSPS) is 12.9.